The van der Waals surface area contributed by atoms with Gasteiger partial charge in [-0.1, -0.05) is 65.8 Å². The predicted octanol–water partition coefficient (Wildman–Crippen LogP) is 6.98. The van der Waals surface area contributed by atoms with Crippen molar-refractivity contribution in [2.45, 2.75) is 65.2 Å². The van der Waals surface area contributed by atoms with Crippen LogP contribution in [0.3, 0.4) is 0 Å². The largest absolute Gasteiger partial charge is 0.507 e. The van der Waals surface area contributed by atoms with Gasteiger partial charge in [-0.15, -0.1) is 0 Å². The molecule has 6 heteroatoms. The first-order valence-electron chi connectivity index (χ1n) is 12.3. The second-order valence-corrected chi connectivity index (χ2v) is 10.4. The Hall–Kier alpha value is -3.80. The van der Waals surface area contributed by atoms with E-state index in [9.17, 15) is 19.8 Å². The molecule has 0 aliphatic rings. The van der Waals surface area contributed by atoms with Crippen LogP contribution in [0.5, 0.6) is 11.5 Å². The molecule has 3 rings (SSSR count). The summed E-state index contributed by atoms with van der Waals surface area (Å²) in [5, 5.41) is 26.6. The van der Waals surface area contributed by atoms with E-state index in [4.69, 9.17) is 0 Å². The van der Waals surface area contributed by atoms with Crippen LogP contribution in [0.25, 0.3) is 0 Å². The molecular weight excluding hydrogens is 452 g/mol. The standard InChI is InChI=1S/C30H36N2O4/c1-7-29(3,4)21-11-9-13-23(33)25(21)27(35)31-19-15-17-20(18-16-19)32-28(36)26-22(30(5,6)8-2)12-10-14-24(26)34/h9-18,33-34H,7-8H2,1-6H3,(H,31,35)(H,32,36). The number of hydrogen-bond donors (Lipinski definition) is 4. The zero-order chi connectivity index (χ0) is 26.7. The molecule has 0 atom stereocenters. The summed E-state index contributed by atoms with van der Waals surface area (Å²) >= 11 is 0. The average molecular weight is 489 g/mol. The zero-order valence-electron chi connectivity index (χ0n) is 21.9. The van der Waals surface area contributed by atoms with Crippen LogP contribution in [-0.2, 0) is 10.8 Å². The number of aromatic hydroxyl groups is 2. The quantitative estimate of drug-likeness (QED) is 0.275. The Morgan fingerprint density at radius 1 is 0.639 bits per heavy atom. The second kappa shape index (κ2) is 10.4. The number of phenols is 2. The van der Waals surface area contributed by atoms with Crippen molar-refractivity contribution in [3.63, 3.8) is 0 Å². The highest BCUT2D eigenvalue weighted by Gasteiger charge is 2.28. The number of nitrogens with one attached hydrogen (secondary N) is 2. The highest BCUT2D eigenvalue weighted by Crippen LogP contribution is 2.35. The fourth-order valence-corrected chi connectivity index (χ4v) is 4.09. The molecule has 0 radical (unpaired) electrons. The highest BCUT2D eigenvalue weighted by atomic mass is 16.3. The fourth-order valence-electron chi connectivity index (χ4n) is 4.09. The fraction of sp³-hybridized carbons (Fsp3) is 0.333. The summed E-state index contributed by atoms with van der Waals surface area (Å²) in [5.74, 6) is -0.933. The molecule has 0 bridgehead atoms. The average Bonchev–Trinajstić information content (AvgIpc) is 2.84. The van der Waals surface area contributed by atoms with Crippen LogP contribution >= 0.6 is 0 Å². The Kier molecular flexibility index (Phi) is 7.77. The number of carbonyl (C=O) groups is 2. The van der Waals surface area contributed by atoms with E-state index < -0.39 is 11.8 Å². The second-order valence-electron chi connectivity index (χ2n) is 10.4. The first-order chi connectivity index (χ1) is 16.9. The Morgan fingerprint density at radius 3 is 1.28 bits per heavy atom. The maximum absolute atomic E-state index is 13.1. The van der Waals surface area contributed by atoms with E-state index in [1.54, 1.807) is 36.4 Å². The van der Waals surface area contributed by atoms with Gasteiger partial charge in [0.15, 0.2) is 0 Å². The first-order valence-corrected chi connectivity index (χ1v) is 12.3. The molecule has 0 aromatic heterocycles. The molecule has 3 aromatic rings. The third-order valence-corrected chi connectivity index (χ3v) is 7.17. The minimum absolute atomic E-state index is 0.0658. The van der Waals surface area contributed by atoms with Gasteiger partial charge in [0.05, 0.1) is 11.1 Å². The van der Waals surface area contributed by atoms with Crippen molar-refractivity contribution in [3.8, 4) is 11.5 Å². The summed E-state index contributed by atoms with van der Waals surface area (Å²) in [5.41, 5.74) is 2.55. The van der Waals surface area contributed by atoms with Gasteiger partial charge in [0.1, 0.15) is 11.5 Å². The molecule has 0 heterocycles. The van der Waals surface area contributed by atoms with Gasteiger partial charge in [-0.25, -0.2) is 0 Å². The van der Waals surface area contributed by atoms with Crippen LogP contribution in [-0.4, -0.2) is 22.0 Å². The molecule has 0 aliphatic carbocycles. The summed E-state index contributed by atoms with van der Waals surface area (Å²) in [6, 6.07) is 17.0. The monoisotopic (exact) mass is 488 g/mol. The van der Waals surface area contributed by atoms with E-state index >= 15 is 0 Å². The summed E-state index contributed by atoms with van der Waals surface area (Å²) in [7, 11) is 0. The third kappa shape index (κ3) is 5.54. The minimum atomic E-state index is -0.401. The topological polar surface area (TPSA) is 98.7 Å². The summed E-state index contributed by atoms with van der Waals surface area (Å²) in [4.78, 5) is 26.2. The smallest absolute Gasteiger partial charge is 0.259 e. The molecule has 0 fully saturated rings. The lowest BCUT2D eigenvalue weighted by Crippen LogP contribution is -2.23. The summed E-state index contributed by atoms with van der Waals surface area (Å²) in [6.07, 6.45) is 1.61. The highest BCUT2D eigenvalue weighted by molar-refractivity contribution is 6.09. The van der Waals surface area contributed by atoms with Crippen molar-refractivity contribution in [1.29, 1.82) is 0 Å². The molecule has 3 aromatic carbocycles. The SMILES string of the molecule is CCC(C)(C)c1cccc(O)c1C(=O)Nc1ccc(NC(=O)c2c(O)cccc2C(C)(C)CC)cc1. The van der Waals surface area contributed by atoms with Crippen LogP contribution in [0, 0.1) is 0 Å². The van der Waals surface area contributed by atoms with E-state index in [1.165, 1.54) is 12.1 Å². The zero-order valence-corrected chi connectivity index (χ0v) is 21.9. The van der Waals surface area contributed by atoms with E-state index in [1.807, 2.05) is 53.7 Å². The number of carbonyl (C=O) groups excluding carboxylic acids is 2. The van der Waals surface area contributed by atoms with E-state index in [-0.39, 0.29) is 33.5 Å². The molecule has 4 N–H and O–H groups in total. The molecule has 190 valence electrons. The summed E-state index contributed by atoms with van der Waals surface area (Å²) < 4.78 is 0. The van der Waals surface area contributed by atoms with Gasteiger partial charge in [-0.05, 0) is 71.2 Å². The van der Waals surface area contributed by atoms with Crippen LogP contribution in [0.4, 0.5) is 11.4 Å². The Balaban J connectivity index is 1.81. The Labute approximate surface area is 213 Å². The van der Waals surface area contributed by atoms with Crippen LogP contribution < -0.4 is 10.6 Å². The molecule has 6 nitrogen and oxygen atoms in total. The van der Waals surface area contributed by atoms with Crippen molar-refractivity contribution in [1.82, 2.24) is 0 Å². The minimum Gasteiger partial charge on any atom is -0.507 e. The number of hydrogen-bond acceptors (Lipinski definition) is 4. The number of rotatable bonds is 8. The predicted molar refractivity (Wildman–Crippen MR) is 145 cm³/mol. The molecule has 0 saturated heterocycles. The maximum atomic E-state index is 13.1. The molecule has 0 saturated carbocycles. The van der Waals surface area contributed by atoms with Gasteiger partial charge in [0, 0.05) is 11.4 Å². The maximum Gasteiger partial charge on any atom is 0.259 e. The van der Waals surface area contributed by atoms with Crippen molar-refractivity contribution in [2.24, 2.45) is 0 Å². The van der Waals surface area contributed by atoms with Crippen molar-refractivity contribution in [3.05, 3.63) is 82.9 Å². The van der Waals surface area contributed by atoms with Gasteiger partial charge in [-0.3, -0.25) is 9.59 Å². The van der Waals surface area contributed by atoms with Gasteiger partial charge in [0.25, 0.3) is 11.8 Å². The number of amides is 2. The third-order valence-electron chi connectivity index (χ3n) is 7.17. The Morgan fingerprint density at radius 2 is 0.972 bits per heavy atom. The normalized spacial score (nSPS) is 11.7. The number of phenolic OH excluding ortho intramolecular Hbond substituents is 2. The number of anilines is 2. The van der Waals surface area contributed by atoms with Crippen molar-refractivity contribution >= 4 is 23.2 Å². The molecular formula is C30H36N2O4. The van der Waals surface area contributed by atoms with Crippen molar-refractivity contribution in [2.75, 3.05) is 10.6 Å². The lowest BCUT2D eigenvalue weighted by Gasteiger charge is -2.26. The van der Waals surface area contributed by atoms with Crippen LogP contribution in [0.1, 0.15) is 86.2 Å². The summed E-state index contributed by atoms with van der Waals surface area (Å²) in [6.45, 7) is 12.2. The van der Waals surface area contributed by atoms with E-state index in [0.717, 1.165) is 24.0 Å². The van der Waals surface area contributed by atoms with Gasteiger partial charge >= 0.3 is 0 Å². The van der Waals surface area contributed by atoms with E-state index in [2.05, 4.69) is 10.6 Å². The molecule has 2 amide bonds. The molecule has 0 aliphatic heterocycles. The van der Waals surface area contributed by atoms with Gasteiger partial charge < -0.3 is 20.8 Å². The van der Waals surface area contributed by atoms with Crippen molar-refractivity contribution < 1.29 is 19.8 Å². The van der Waals surface area contributed by atoms with E-state index in [0.29, 0.717) is 11.4 Å². The number of benzene rings is 3. The van der Waals surface area contributed by atoms with Crippen LogP contribution in [0.15, 0.2) is 60.7 Å². The lowest BCUT2D eigenvalue weighted by molar-refractivity contribution is 0.101. The molecule has 0 spiro atoms. The molecule has 0 unspecified atom stereocenters. The Bertz CT molecular complexity index is 1160. The lowest BCUT2D eigenvalue weighted by atomic mass is 9.79. The van der Waals surface area contributed by atoms with Gasteiger partial charge in [0.2, 0.25) is 0 Å². The molecule has 36 heavy (non-hydrogen) atoms. The van der Waals surface area contributed by atoms with Gasteiger partial charge in [-0.2, -0.15) is 0 Å². The van der Waals surface area contributed by atoms with Crippen LogP contribution in [0.2, 0.25) is 0 Å². The first kappa shape index (κ1) is 26.8.